The fourth-order valence-electron chi connectivity index (χ4n) is 6.67. The van der Waals surface area contributed by atoms with E-state index >= 15 is 0 Å². The summed E-state index contributed by atoms with van der Waals surface area (Å²) >= 11 is 0. The maximum atomic E-state index is 2.38. The number of hydrogen-bond acceptors (Lipinski definition) is 0. The summed E-state index contributed by atoms with van der Waals surface area (Å²) in [7, 11) is 0. The van der Waals surface area contributed by atoms with Crippen molar-refractivity contribution in [3.63, 3.8) is 0 Å². The van der Waals surface area contributed by atoms with E-state index in [0.717, 1.165) is 17.8 Å². The normalized spacial score (nSPS) is 16.1. The van der Waals surface area contributed by atoms with E-state index in [1.807, 2.05) is 55.4 Å². The molecule has 3 fully saturated rings. The molecule has 4 rings (SSSR count). The Morgan fingerprint density at radius 1 is 0.333 bits per heavy atom. The first-order valence-corrected chi connectivity index (χ1v) is 23.0. The molecule has 0 bridgehead atoms. The molecule has 0 aromatic heterocycles. The maximum absolute atomic E-state index is 2.38. The average molecular weight is 766 g/mol. The maximum Gasteiger partial charge on any atom is -0.0132 e. The fraction of sp³-hybridized carbons (Fsp3) is 0.889. The Kier molecular flexibility index (Phi) is 47.5. The fourth-order valence-corrected chi connectivity index (χ4v) is 6.67. The van der Waals surface area contributed by atoms with E-state index < -0.39 is 0 Å². The third-order valence-electron chi connectivity index (χ3n) is 9.88. The van der Waals surface area contributed by atoms with E-state index in [9.17, 15) is 0 Å². The Labute approximate surface area is 350 Å². The molecule has 0 N–H and O–H groups in total. The second-order valence-corrected chi connectivity index (χ2v) is 20.4. The molecule has 0 atom stereocenters. The topological polar surface area (TPSA) is 0 Å². The predicted octanol–water partition coefficient (Wildman–Crippen LogP) is 20.9. The second kappa shape index (κ2) is 37.8. The van der Waals surface area contributed by atoms with Crippen LogP contribution in [-0.4, -0.2) is 0 Å². The zero-order chi connectivity index (χ0) is 42.2. The minimum Gasteiger partial charge on any atom is -0.0776 e. The van der Waals surface area contributed by atoms with Crippen molar-refractivity contribution in [2.45, 2.75) is 276 Å². The Morgan fingerprint density at radius 2 is 0.519 bits per heavy atom. The van der Waals surface area contributed by atoms with Gasteiger partial charge in [0, 0.05) is 0 Å². The molecule has 0 spiro atoms. The van der Waals surface area contributed by atoms with Crippen molar-refractivity contribution in [3.8, 4) is 0 Å². The molecule has 0 saturated heterocycles. The van der Waals surface area contributed by atoms with Crippen LogP contribution in [0, 0.1) is 39.4 Å². The summed E-state index contributed by atoms with van der Waals surface area (Å²) in [4.78, 5) is 0. The molecule has 0 radical (unpaired) electrons. The van der Waals surface area contributed by atoms with Gasteiger partial charge in [-0.25, -0.2) is 0 Å². The highest BCUT2D eigenvalue weighted by molar-refractivity contribution is 5.22. The van der Waals surface area contributed by atoms with E-state index in [-0.39, 0.29) is 14.9 Å². The number of rotatable bonds is 0. The van der Waals surface area contributed by atoms with Gasteiger partial charge in [-0.3, -0.25) is 0 Å². The van der Waals surface area contributed by atoms with Gasteiger partial charge in [0.25, 0.3) is 0 Å². The molecule has 0 heterocycles. The third kappa shape index (κ3) is 43.9. The highest BCUT2D eigenvalue weighted by Crippen LogP contribution is 2.39. The van der Waals surface area contributed by atoms with Crippen molar-refractivity contribution in [1.29, 1.82) is 0 Å². The first-order valence-electron chi connectivity index (χ1n) is 23.0. The molecular formula is C54H116. The van der Waals surface area contributed by atoms with Crippen LogP contribution in [0.3, 0.4) is 0 Å². The van der Waals surface area contributed by atoms with E-state index in [4.69, 9.17) is 0 Å². The molecule has 3 aliphatic rings. The molecule has 332 valence electrons. The quantitative estimate of drug-likeness (QED) is 0.247. The monoisotopic (exact) mass is 765 g/mol. The third-order valence-corrected chi connectivity index (χ3v) is 9.88. The van der Waals surface area contributed by atoms with Gasteiger partial charge in [0.15, 0.2) is 0 Å². The molecule has 3 aliphatic carbocycles. The van der Waals surface area contributed by atoms with Gasteiger partial charge < -0.3 is 0 Å². The minimum absolute atomic E-state index is 0. The van der Waals surface area contributed by atoms with Crippen LogP contribution in [-0.2, 0) is 5.41 Å². The van der Waals surface area contributed by atoms with Crippen LogP contribution in [0.1, 0.15) is 276 Å². The van der Waals surface area contributed by atoms with Crippen LogP contribution in [0.25, 0.3) is 0 Å². The summed E-state index contributed by atoms with van der Waals surface area (Å²) in [6, 6.07) is 10.6. The lowest BCUT2D eigenvalue weighted by atomic mass is 9.72. The number of hydrogen-bond donors (Lipinski definition) is 0. The molecule has 0 heteroatoms. The molecule has 0 amide bonds. The summed E-state index contributed by atoms with van der Waals surface area (Å²) in [6.45, 7) is 52.8. The van der Waals surface area contributed by atoms with Crippen LogP contribution < -0.4 is 0 Å². The summed E-state index contributed by atoms with van der Waals surface area (Å²) < 4.78 is 0. The van der Waals surface area contributed by atoms with Crippen molar-refractivity contribution in [2.75, 3.05) is 0 Å². The van der Waals surface area contributed by atoms with Gasteiger partial charge in [-0.15, -0.1) is 0 Å². The summed E-state index contributed by atoms with van der Waals surface area (Å²) in [5.74, 6) is 3.01. The zero-order valence-electron chi connectivity index (χ0n) is 41.5. The minimum atomic E-state index is 0. The van der Waals surface area contributed by atoms with Crippen molar-refractivity contribution >= 4 is 0 Å². The zero-order valence-corrected chi connectivity index (χ0v) is 41.5. The van der Waals surface area contributed by atoms with Crippen LogP contribution in [0.4, 0.5) is 0 Å². The molecule has 3 saturated carbocycles. The smallest absolute Gasteiger partial charge is 0.0132 e. The molecule has 0 unspecified atom stereocenters. The first kappa shape index (κ1) is 67.9. The Hall–Kier alpha value is -0.780. The molecule has 1 aromatic rings. The van der Waals surface area contributed by atoms with Gasteiger partial charge >= 0.3 is 0 Å². The summed E-state index contributed by atoms with van der Waals surface area (Å²) in [6.07, 6.45) is 20.7. The average Bonchev–Trinajstić information content (AvgIpc) is 3.66. The SMILES string of the molecule is C.C.CC.CC.CC.CC.CC(C)(C)C.CC(C)(C)C1CCCC1.CC(C)(C)C1CCCCC1.CC(C)(C)C1CCCCC1.CC(C)(C)c1ccccc1. The lowest BCUT2D eigenvalue weighted by Crippen LogP contribution is -2.22. The Bertz CT molecular complexity index is 757. The van der Waals surface area contributed by atoms with Crippen LogP contribution in [0.5, 0.6) is 0 Å². The van der Waals surface area contributed by atoms with Gasteiger partial charge in [-0.2, -0.15) is 0 Å². The molecular weight excluding hydrogens is 649 g/mol. The van der Waals surface area contributed by atoms with Gasteiger partial charge in [0.05, 0.1) is 0 Å². The van der Waals surface area contributed by atoms with Gasteiger partial charge in [-0.1, -0.05) is 263 Å². The van der Waals surface area contributed by atoms with Gasteiger partial charge in [0.1, 0.15) is 0 Å². The Balaban J connectivity index is -0.0000000978. The highest BCUT2D eigenvalue weighted by atomic mass is 14.3. The van der Waals surface area contributed by atoms with Crippen molar-refractivity contribution in [3.05, 3.63) is 35.9 Å². The van der Waals surface area contributed by atoms with Gasteiger partial charge in [-0.05, 0) is 88.9 Å². The largest absolute Gasteiger partial charge is 0.0776 e. The molecule has 1 aromatic carbocycles. The Morgan fingerprint density at radius 3 is 0.648 bits per heavy atom. The van der Waals surface area contributed by atoms with Crippen LogP contribution in [0.15, 0.2) is 30.3 Å². The lowest BCUT2D eigenvalue weighted by Gasteiger charge is -2.33. The second-order valence-electron chi connectivity index (χ2n) is 20.4. The van der Waals surface area contributed by atoms with E-state index in [1.54, 1.807) is 0 Å². The summed E-state index contributed by atoms with van der Waals surface area (Å²) in [5.41, 5.74) is 3.91. The molecule has 54 heavy (non-hydrogen) atoms. The van der Waals surface area contributed by atoms with Crippen LogP contribution in [0.2, 0.25) is 0 Å². The van der Waals surface area contributed by atoms with Crippen molar-refractivity contribution in [2.24, 2.45) is 39.4 Å². The van der Waals surface area contributed by atoms with E-state index in [0.29, 0.717) is 27.1 Å². The summed E-state index contributed by atoms with van der Waals surface area (Å²) in [5, 5.41) is 0. The molecule has 0 nitrogen and oxygen atoms in total. The van der Waals surface area contributed by atoms with Gasteiger partial charge in [0.2, 0.25) is 0 Å². The van der Waals surface area contributed by atoms with Crippen molar-refractivity contribution < 1.29 is 0 Å². The predicted molar refractivity (Wildman–Crippen MR) is 263 cm³/mol. The standard InChI is InChI=1S/2C10H20.C10H14.C9H18.C5H12.4C2H6.2CH4/c3*1-10(2,3)9-7-5-4-6-8-9;1-9(2,3)8-6-4-5-7-8;1-5(2,3)4;4*1-2;;/h2*9H,4-8H2,1-3H3;4-8H,1-3H3;8H,4-7H2,1-3H3;1-4H3;4*1-2H3;2*1H4. The number of benzene rings is 1. The van der Waals surface area contributed by atoms with Crippen molar-refractivity contribution in [1.82, 2.24) is 0 Å². The first-order chi connectivity index (χ1) is 23.9. The lowest BCUT2D eigenvalue weighted by molar-refractivity contribution is 0.179. The van der Waals surface area contributed by atoms with E-state index in [2.05, 4.69) is 141 Å². The van der Waals surface area contributed by atoms with E-state index in [1.165, 1.54) is 95.5 Å². The molecule has 0 aliphatic heterocycles. The van der Waals surface area contributed by atoms with Crippen LogP contribution >= 0.6 is 0 Å². The highest BCUT2D eigenvalue weighted by Gasteiger charge is 2.27.